The van der Waals surface area contributed by atoms with Crippen LogP contribution >= 0.6 is 56.9 Å². The lowest BCUT2D eigenvalue weighted by atomic mass is 10.2. The van der Waals surface area contributed by atoms with Crippen LogP contribution in [0, 0.1) is 7.14 Å². The minimum atomic E-state index is -0.377. The molecule has 1 aliphatic rings. The van der Waals surface area contributed by atoms with Crippen molar-refractivity contribution in [2.24, 2.45) is 0 Å². The van der Waals surface area contributed by atoms with E-state index in [-0.39, 0.29) is 16.9 Å². The minimum Gasteiger partial charge on any atom is -0.506 e. The van der Waals surface area contributed by atoms with Crippen LogP contribution in [0.2, 0.25) is 0 Å². The highest BCUT2D eigenvalue weighted by Gasteiger charge is 2.25. The van der Waals surface area contributed by atoms with Crippen molar-refractivity contribution in [1.29, 1.82) is 0 Å². The zero-order chi connectivity index (χ0) is 12.6. The number of carbonyl (C=O) groups excluding carboxylic acids is 2. The number of hydrogen-bond acceptors (Lipinski definition) is 4. The first kappa shape index (κ1) is 13.1. The van der Waals surface area contributed by atoms with E-state index in [1.165, 1.54) is 0 Å². The van der Waals surface area contributed by atoms with Gasteiger partial charge in [0.25, 0.3) is 11.1 Å². The third kappa shape index (κ3) is 2.94. The predicted octanol–water partition coefficient (Wildman–Crippen LogP) is 2.93. The number of phenolic OH excluding ortho intramolecular Hbond substituents is 1. The fourth-order valence-corrected chi connectivity index (χ4v) is 3.74. The van der Waals surface area contributed by atoms with Gasteiger partial charge in [-0.05, 0) is 80.7 Å². The van der Waals surface area contributed by atoms with Crippen molar-refractivity contribution < 1.29 is 14.7 Å². The molecule has 1 aromatic carbocycles. The summed E-state index contributed by atoms with van der Waals surface area (Å²) in [7, 11) is 0. The number of imide groups is 1. The lowest BCUT2D eigenvalue weighted by Gasteiger charge is -2.02. The summed E-state index contributed by atoms with van der Waals surface area (Å²) in [5.41, 5.74) is 0.781. The molecule has 1 aromatic rings. The van der Waals surface area contributed by atoms with E-state index in [2.05, 4.69) is 5.32 Å². The van der Waals surface area contributed by atoms with Gasteiger partial charge < -0.3 is 5.11 Å². The van der Waals surface area contributed by atoms with Crippen LogP contribution in [0.15, 0.2) is 17.0 Å². The highest BCUT2D eigenvalue weighted by atomic mass is 127. The molecule has 0 radical (unpaired) electrons. The Morgan fingerprint density at radius 3 is 2.29 bits per heavy atom. The van der Waals surface area contributed by atoms with Gasteiger partial charge in [-0.25, -0.2) is 0 Å². The summed E-state index contributed by atoms with van der Waals surface area (Å²) in [6.07, 6.45) is 1.63. The number of aromatic hydroxyl groups is 1. The molecule has 0 aliphatic carbocycles. The standard InChI is InChI=1S/C10H5I2NO3S/c11-5-1-4(2-6(12)8(5)14)3-7-9(15)13-10(16)17-7/h1-3,14H,(H,13,15,16)/b7-3-. The number of rotatable bonds is 1. The molecule has 1 saturated heterocycles. The van der Waals surface area contributed by atoms with E-state index in [1.54, 1.807) is 18.2 Å². The van der Waals surface area contributed by atoms with Crippen molar-refractivity contribution >= 4 is 74.2 Å². The smallest absolute Gasteiger partial charge is 0.290 e. The van der Waals surface area contributed by atoms with Gasteiger partial charge in [0, 0.05) is 0 Å². The van der Waals surface area contributed by atoms with Gasteiger partial charge in [-0.3, -0.25) is 14.9 Å². The van der Waals surface area contributed by atoms with E-state index in [4.69, 9.17) is 0 Å². The van der Waals surface area contributed by atoms with Gasteiger partial charge in [0.15, 0.2) is 0 Å². The maximum absolute atomic E-state index is 11.4. The number of thioether (sulfide) groups is 1. The average molecular weight is 473 g/mol. The second kappa shape index (κ2) is 5.14. The Morgan fingerprint density at radius 2 is 1.82 bits per heavy atom. The SMILES string of the molecule is O=C1NC(=O)/C(=C/c2cc(I)c(O)c(I)c2)S1. The maximum Gasteiger partial charge on any atom is 0.290 e. The van der Waals surface area contributed by atoms with Crippen LogP contribution < -0.4 is 5.32 Å². The zero-order valence-electron chi connectivity index (χ0n) is 8.16. The summed E-state index contributed by atoms with van der Waals surface area (Å²) >= 11 is 4.90. The van der Waals surface area contributed by atoms with E-state index in [9.17, 15) is 14.7 Å². The monoisotopic (exact) mass is 473 g/mol. The number of amides is 2. The van der Waals surface area contributed by atoms with Crippen LogP contribution in [-0.2, 0) is 4.79 Å². The fourth-order valence-electron chi connectivity index (χ4n) is 1.24. The van der Waals surface area contributed by atoms with Crippen molar-refractivity contribution in [3.05, 3.63) is 29.7 Å². The van der Waals surface area contributed by atoms with Crippen molar-refractivity contribution in [2.75, 3.05) is 0 Å². The van der Waals surface area contributed by atoms with Crippen LogP contribution in [0.5, 0.6) is 5.75 Å². The quantitative estimate of drug-likeness (QED) is 0.487. The largest absolute Gasteiger partial charge is 0.506 e. The van der Waals surface area contributed by atoms with Gasteiger partial charge in [0.05, 0.1) is 12.0 Å². The van der Waals surface area contributed by atoms with E-state index in [1.807, 2.05) is 45.2 Å². The first-order valence-corrected chi connectivity index (χ1v) is 7.37. The summed E-state index contributed by atoms with van der Waals surface area (Å²) < 4.78 is 1.41. The van der Waals surface area contributed by atoms with Crippen molar-refractivity contribution in [1.82, 2.24) is 5.32 Å². The highest BCUT2D eigenvalue weighted by molar-refractivity contribution is 14.1. The summed E-state index contributed by atoms with van der Waals surface area (Å²) in [5, 5.41) is 11.4. The van der Waals surface area contributed by atoms with Crippen molar-refractivity contribution in [3.63, 3.8) is 0 Å². The zero-order valence-corrected chi connectivity index (χ0v) is 13.3. The second-order valence-corrected chi connectivity index (χ2v) is 6.52. The first-order chi connectivity index (χ1) is 7.97. The lowest BCUT2D eigenvalue weighted by molar-refractivity contribution is -0.115. The van der Waals surface area contributed by atoms with Crippen LogP contribution in [0.25, 0.3) is 6.08 Å². The summed E-state index contributed by atoms with van der Waals surface area (Å²) in [6.45, 7) is 0. The third-order valence-electron chi connectivity index (χ3n) is 1.98. The molecule has 0 atom stereocenters. The van der Waals surface area contributed by atoms with E-state index in [0.29, 0.717) is 12.0 Å². The molecule has 2 rings (SSSR count). The summed E-state index contributed by atoms with van der Waals surface area (Å²) in [6, 6.07) is 3.50. The Kier molecular flexibility index (Phi) is 3.98. The fraction of sp³-hybridized carbons (Fsp3) is 0. The van der Waals surface area contributed by atoms with Gasteiger partial charge in [-0.1, -0.05) is 0 Å². The Labute approximate surface area is 129 Å². The first-order valence-electron chi connectivity index (χ1n) is 4.40. The molecule has 0 unspecified atom stereocenters. The molecule has 17 heavy (non-hydrogen) atoms. The molecular weight excluding hydrogens is 468 g/mol. The molecule has 0 saturated carbocycles. The Balaban J connectivity index is 2.40. The minimum absolute atomic E-state index is 0.230. The topological polar surface area (TPSA) is 66.4 Å². The van der Waals surface area contributed by atoms with Gasteiger partial charge in [-0.15, -0.1) is 0 Å². The molecule has 1 fully saturated rings. The van der Waals surface area contributed by atoms with Crippen molar-refractivity contribution in [2.45, 2.75) is 0 Å². The molecule has 2 N–H and O–H groups in total. The van der Waals surface area contributed by atoms with E-state index in [0.717, 1.165) is 17.3 Å². The van der Waals surface area contributed by atoms with Gasteiger partial charge in [-0.2, -0.15) is 0 Å². The number of benzene rings is 1. The number of hydrogen-bond donors (Lipinski definition) is 2. The average Bonchev–Trinajstić information content (AvgIpc) is 2.54. The van der Waals surface area contributed by atoms with E-state index >= 15 is 0 Å². The number of carbonyl (C=O) groups is 2. The molecule has 88 valence electrons. The Hall–Kier alpha value is -0.290. The van der Waals surface area contributed by atoms with Gasteiger partial charge >= 0.3 is 0 Å². The van der Waals surface area contributed by atoms with E-state index < -0.39 is 0 Å². The maximum atomic E-state index is 11.4. The second-order valence-electron chi connectivity index (χ2n) is 3.19. The molecule has 2 amide bonds. The molecular formula is C10H5I2NO3S. The molecule has 0 bridgehead atoms. The molecule has 0 spiro atoms. The third-order valence-corrected chi connectivity index (χ3v) is 4.43. The Bertz CT molecular complexity index is 533. The van der Waals surface area contributed by atoms with Gasteiger partial charge in [0.2, 0.25) is 0 Å². The summed E-state index contributed by atoms with van der Waals surface area (Å²) in [5.74, 6) is -0.147. The number of phenols is 1. The molecule has 1 heterocycles. The molecule has 7 heteroatoms. The lowest BCUT2D eigenvalue weighted by Crippen LogP contribution is -2.17. The van der Waals surface area contributed by atoms with Gasteiger partial charge in [0.1, 0.15) is 5.75 Å². The van der Waals surface area contributed by atoms with Crippen LogP contribution in [0.3, 0.4) is 0 Å². The highest BCUT2D eigenvalue weighted by Crippen LogP contribution is 2.30. The molecule has 1 aliphatic heterocycles. The van der Waals surface area contributed by atoms with Crippen LogP contribution in [-0.4, -0.2) is 16.3 Å². The predicted molar refractivity (Wildman–Crippen MR) is 82.6 cm³/mol. The molecule has 0 aromatic heterocycles. The number of nitrogens with one attached hydrogen (secondary N) is 1. The number of halogens is 2. The van der Waals surface area contributed by atoms with Crippen LogP contribution in [0.1, 0.15) is 5.56 Å². The molecule has 4 nitrogen and oxygen atoms in total. The summed E-state index contributed by atoms with van der Waals surface area (Å²) in [4.78, 5) is 22.7. The van der Waals surface area contributed by atoms with Crippen molar-refractivity contribution in [3.8, 4) is 5.75 Å². The van der Waals surface area contributed by atoms with Crippen LogP contribution in [0.4, 0.5) is 4.79 Å². The normalized spacial score (nSPS) is 17.6. The Morgan fingerprint density at radius 1 is 1.24 bits per heavy atom.